The number of amides is 1. The molecule has 156 valence electrons. The second kappa shape index (κ2) is 10.8. The quantitative estimate of drug-likeness (QED) is 0.463. The molecule has 1 aromatic carbocycles. The fourth-order valence-electron chi connectivity index (χ4n) is 3.06. The molecular weight excluding hydrogens is 394 g/mol. The minimum atomic E-state index is -0.765. The smallest absolute Gasteiger partial charge is 0.328 e. The third-order valence-electron chi connectivity index (χ3n) is 4.48. The van der Waals surface area contributed by atoms with Crippen LogP contribution in [-0.2, 0) is 20.7 Å². The van der Waals surface area contributed by atoms with Crippen LogP contribution in [0.4, 0.5) is 0 Å². The number of halogens is 1. The van der Waals surface area contributed by atoms with Crippen LogP contribution in [0.2, 0.25) is 5.22 Å². The van der Waals surface area contributed by atoms with Crippen LogP contribution in [-0.4, -0.2) is 30.8 Å². The van der Waals surface area contributed by atoms with Gasteiger partial charge in [-0.25, -0.2) is 4.79 Å². The Morgan fingerprint density at radius 1 is 1.10 bits per heavy atom. The van der Waals surface area contributed by atoms with E-state index in [0.29, 0.717) is 12.8 Å². The van der Waals surface area contributed by atoms with Crippen LogP contribution in [0.25, 0.3) is 0 Å². The molecule has 7 heteroatoms. The van der Waals surface area contributed by atoms with Gasteiger partial charge in [0.2, 0.25) is 5.91 Å². The summed E-state index contributed by atoms with van der Waals surface area (Å²) in [6, 6.07) is 11.6. The molecule has 0 aliphatic carbocycles. The highest BCUT2D eigenvalue weighted by atomic mass is 35.5. The van der Waals surface area contributed by atoms with Crippen molar-refractivity contribution in [2.45, 2.75) is 39.2 Å². The number of nitrogens with one attached hydrogen (secondary N) is 1. The van der Waals surface area contributed by atoms with Gasteiger partial charge in [-0.15, -0.1) is 0 Å². The monoisotopic (exact) mass is 419 g/mol. The topological polar surface area (TPSA) is 85.6 Å². The number of rotatable bonds is 10. The lowest BCUT2D eigenvalue weighted by Gasteiger charge is -2.22. The van der Waals surface area contributed by atoms with Gasteiger partial charge in [-0.1, -0.05) is 44.2 Å². The molecule has 0 fully saturated rings. The normalized spacial score (nSPS) is 13.0. The second-order valence-corrected chi connectivity index (χ2v) is 7.70. The van der Waals surface area contributed by atoms with Crippen LogP contribution in [0.1, 0.15) is 42.8 Å². The molecule has 1 amide bonds. The number of methoxy groups -OCH3 is 1. The summed E-state index contributed by atoms with van der Waals surface area (Å²) in [5.41, 5.74) is 0.913. The van der Waals surface area contributed by atoms with Gasteiger partial charge in [0.25, 0.3) is 0 Å². The van der Waals surface area contributed by atoms with E-state index in [9.17, 15) is 14.4 Å². The van der Waals surface area contributed by atoms with Gasteiger partial charge in [0.1, 0.15) is 6.04 Å². The number of esters is 1. The first kappa shape index (κ1) is 22.7. The highest BCUT2D eigenvalue weighted by Crippen LogP contribution is 2.20. The summed E-state index contributed by atoms with van der Waals surface area (Å²) in [6.07, 6.45) is 0.723. The fraction of sp³-hybridized carbons (Fsp3) is 0.409. The van der Waals surface area contributed by atoms with E-state index < -0.39 is 17.9 Å². The second-order valence-electron chi connectivity index (χ2n) is 7.33. The summed E-state index contributed by atoms with van der Waals surface area (Å²) in [6.45, 7) is 3.90. The number of hydrogen-bond donors (Lipinski definition) is 1. The van der Waals surface area contributed by atoms with Crippen molar-refractivity contribution in [1.82, 2.24) is 5.32 Å². The molecule has 1 heterocycles. The Morgan fingerprint density at radius 2 is 1.79 bits per heavy atom. The Morgan fingerprint density at radius 3 is 2.34 bits per heavy atom. The number of carbonyl (C=O) groups excluding carboxylic acids is 3. The van der Waals surface area contributed by atoms with Gasteiger partial charge >= 0.3 is 5.97 Å². The predicted molar refractivity (Wildman–Crippen MR) is 110 cm³/mol. The summed E-state index contributed by atoms with van der Waals surface area (Å²) in [5, 5.41) is 2.87. The number of hydrogen-bond acceptors (Lipinski definition) is 5. The average Bonchev–Trinajstić information content (AvgIpc) is 3.13. The summed E-state index contributed by atoms with van der Waals surface area (Å²) >= 11 is 5.75. The van der Waals surface area contributed by atoms with Crippen molar-refractivity contribution in [3.63, 3.8) is 0 Å². The van der Waals surface area contributed by atoms with E-state index in [1.165, 1.54) is 19.2 Å². The molecule has 0 saturated heterocycles. The minimum absolute atomic E-state index is 0.0693. The molecule has 1 aromatic heterocycles. The minimum Gasteiger partial charge on any atom is -0.467 e. The van der Waals surface area contributed by atoms with Crippen LogP contribution in [0.3, 0.4) is 0 Å². The third kappa shape index (κ3) is 7.06. The van der Waals surface area contributed by atoms with Crippen molar-refractivity contribution in [3.8, 4) is 0 Å². The molecule has 0 spiro atoms. The maximum absolute atomic E-state index is 13.0. The van der Waals surface area contributed by atoms with Crippen LogP contribution >= 0.6 is 11.6 Å². The fourth-order valence-corrected chi connectivity index (χ4v) is 3.21. The van der Waals surface area contributed by atoms with Gasteiger partial charge in [-0.3, -0.25) is 9.59 Å². The number of furan rings is 1. The number of ketones is 1. The summed E-state index contributed by atoms with van der Waals surface area (Å²) in [4.78, 5) is 37.7. The summed E-state index contributed by atoms with van der Waals surface area (Å²) < 4.78 is 9.99. The van der Waals surface area contributed by atoms with Crippen LogP contribution in [0.5, 0.6) is 0 Å². The number of benzene rings is 1. The van der Waals surface area contributed by atoms with Gasteiger partial charge in [-0.05, 0) is 48.1 Å². The Bertz CT molecular complexity index is 831. The first-order valence-corrected chi connectivity index (χ1v) is 9.88. The Kier molecular flexibility index (Phi) is 8.46. The van der Waals surface area contributed by atoms with E-state index in [-0.39, 0.29) is 35.0 Å². The Balaban J connectivity index is 2.19. The third-order valence-corrected chi connectivity index (χ3v) is 4.69. The summed E-state index contributed by atoms with van der Waals surface area (Å²) in [7, 11) is 1.29. The molecule has 0 radical (unpaired) electrons. The maximum atomic E-state index is 13.0. The van der Waals surface area contributed by atoms with Crippen molar-refractivity contribution in [2.24, 2.45) is 11.8 Å². The zero-order valence-corrected chi connectivity index (χ0v) is 17.6. The van der Waals surface area contributed by atoms with Crippen molar-refractivity contribution in [2.75, 3.05) is 7.11 Å². The Labute approximate surface area is 175 Å². The van der Waals surface area contributed by atoms with Crippen LogP contribution in [0.15, 0.2) is 46.9 Å². The number of carbonyl (C=O) groups is 3. The first-order valence-electron chi connectivity index (χ1n) is 9.50. The van der Waals surface area contributed by atoms with Crippen molar-refractivity contribution in [1.29, 1.82) is 0 Å². The van der Waals surface area contributed by atoms with E-state index in [2.05, 4.69) is 5.32 Å². The van der Waals surface area contributed by atoms with E-state index in [4.69, 9.17) is 20.8 Å². The van der Waals surface area contributed by atoms with Crippen molar-refractivity contribution in [3.05, 3.63) is 59.0 Å². The highest BCUT2D eigenvalue weighted by molar-refractivity contribution is 6.29. The first-order chi connectivity index (χ1) is 13.8. The SMILES string of the molecule is COC(=O)[C@@H](CC(C)C)NC(=O)C(CC(=O)c1ccc(Cl)o1)Cc1ccccc1. The molecule has 2 aromatic rings. The molecule has 0 aliphatic heterocycles. The van der Waals surface area contributed by atoms with E-state index in [0.717, 1.165) is 5.56 Å². The molecule has 29 heavy (non-hydrogen) atoms. The standard InChI is InChI=1S/C22H26ClNO5/c1-14(2)11-17(22(27)28-3)24-21(26)16(12-15-7-5-4-6-8-15)13-18(25)19-9-10-20(23)29-19/h4-10,14,16-17H,11-13H2,1-3H3,(H,24,26)/t16?,17-/m1/s1. The lowest BCUT2D eigenvalue weighted by atomic mass is 9.92. The molecule has 1 N–H and O–H groups in total. The molecule has 6 nitrogen and oxygen atoms in total. The van der Waals surface area contributed by atoms with Gasteiger partial charge in [-0.2, -0.15) is 0 Å². The summed E-state index contributed by atoms with van der Waals surface area (Å²) in [5.74, 6) is -1.60. The molecule has 0 aliphatic rings. The molecule has 2 rings (SSSR count). The zero-order valence-electron chi connectivity index (χ0n) is 16.8. The molecule has 0 saturated carbocycles. The Hall–Kier alpha value is -2.60. The zero-order chi connectivity index (χ0) is 21.4. The highest BCUT2D eigenvalue weighted by Gasteiger charge is 2.29. The molecular formula is C22H26ClNO5. The molecule has 0 bridgehead atoms. The van der Waals surface area contributed by atoms with E-state index in [1.807, 2.05) is 44.2 Å². The lowest BCUT2D eigenvalue weighted by Crippen LogP contribution is -2.45. The lowest BCUT2D eigenvalue weighted by molar-refractivity contribution is -0.146. The average molecular weight is 420 g/mol. The maximum Gasteiger partial charge on any atom is 0.328 e. The van der Waals surface area contributed by atoms with Crippen LogP contribution < -0.4 is 5.32 Å². The van der Waals surface area contributed by atoms with Gasteiger partial charge in [0, 0.05) is 12.3 Å². The van der Waals surface area contributed by atoms with Crippen molar-refractivity contribution < 1.29 is 23.5 Å². The molecule has 2 atom stereocenters. The van der Waals surface area contributed by atoms with E-state index >= 15 is 0 Å². The predicted octanol–water partition coefficient (Wildman–Crippen LogP) is 4.07. The van der Waals surface area contributed by atoms with Crippen LogP contribution in [0, 0.1) is 11.8 Å². The van der Waals surface area contributed by atoms with Gasteiger partial charge in [0.15, 0.2) is 16.8 Å². The number of Topliss-reactive ketones (excluding diaryl/α,β-unsaturated/α-hetero) is 1. The van der Waals surface area contributed by atoms with Gasteiger partial charge in [0.05, 0.1) is 7.11 Å². The number of ether oxygens (including phenoxy) is 1. The van der Waals surface area contributed by atoms with Crippen molar-refractivity contribution >= 4 is 29.3 Å². The van der Waals surface area contributed by atoms with Gasteiger partial charge < -0.3 is 14.5 Å². The van der Waals surface area contributed by atoms with E-state index in [1.54, 1.807) is 0 Å². The molecule has 1 unspecified atom stereocenters. The largest absolute Gasteiger partial charge is 0.467 e.